The highest BCUT2D eigenvalue weighted by Crippen LogP contribution is 2.42. The molecule has 8 heteroatoms. The molecule has 0 aliphatic carbocycles. The van der Waals surface area contributed by atoms with E-state index in [4.69, 9.17) is 16.3 Å². The van der Waals surface area contributed by atoms with Crippen LogP contribution >= 0.6 is 11.6 Å². The Morgan fingerprint density at radius 3 is 2.69 bits per heavy atom. The van der Waals surface area contributed by atoms with E-state index in [1.807, 2.05) is 24.3 Å². The second-order valence-electron chi connectivity index (χ2n) is 6.70. The van der Waals surface area contributed by atoms with E-state index in [1.165, 1.54) is 12.1 Å². The fourth-order valence-corrected chi connectivity index (χ4v) is 3.75. The monoisotopic (exact) mass is 416 g/mol. The van der Waals surface area contributed by atoms with Gasteiger partial charge in [-0.05, 0) is 41.8 Å². The first-order chi connectivity index (χ1) is 14.0. The van der Waals surface area contributed by atoms with Gasteiger partial charge in [-0.3, -0.25) is 0 Å². The third kappa shape index (κ3) is 3.47. The molecule has 0 saturated carbocycles. The smallest absolute Gasteiger partial charge is 0.395 e. The zero-order valence-electron chi connectivity index (χ0n) is 15.0. The van der Waals surface area contributed by atoms with E-state index < -0.39 is 6.29 Å². The molecule has 0 fully saturated rings. The standard InChI is InChI=1S/C21H15ClF2N2O3/c22-19-15(12-7-9-27-10-8-12)4-1-13-2-6-18(26-20(13)19)25-14-3-5-16-17(11-14)29-21(23,24)28-16/h1-7,11H,8-10H2,(H,25,26). The lowest BCUT2D eigenvalue weighted by molar-refractivity contribution is -0.286. The molecule has 1 N–H and O–H groups in total. The summed E-state index contributed by atoms with van der Waals surface area (Å²) < 4.78 is 40.7. The molecular weight excluding hydrogens is 402 g/mol. The summed E-state index contributed by atoms with van der Waals surface area (Å²) in [5, 5.41) is 4.57. The first-order valence-electron chi connectivity index (χ1n) is 9.02. The zero-order valence-corrected chi connectivity index (χ0v) is 15.8. The SMILES string of the molecule is FC1(F)Oc2ccc(Nc3ccc4ccc(C5=CCOCC5)c(Cl)c4n3)cc2O1. The van der Waals surface area contributed by atoms with Crippen LogP contribution in [-0.2, 0) is 4.74 Å². The van der Waals surface area contributed by atoms with E-state index in [0.29, 0.717) is 35.3 Å². The van der Waals surface area contributed by atoms with Gasteiger partial charge in [0.2, 0.25) is 0 Å². The number of nitrogens with one attached hydrogen (secondary N) is 1. The van der Waals surface area contributed by atoms with Crippen LogP contribution in [0, 0.1) is 0 Å². The second kappa shape index (κ2) is 6.86. The predicted molar refractivity (Wildman–Crippen MR) is 106 cm³/mol. The number of benzene rings is 2. The molecule has 0 bridgehead atoms. The number of ether oxygens (including phenoxy) is 3. The maximum absolute atomic E-state index is 13.2. The van der Waals surface area contributed by atoms with Crippen LogP contribution in [-0.4, -0.2) is 24.5 Å². The minimum atomic E-state index is -3.65. The van der Waals surface area contributed by atoms with Crippen LogP contribution in [0.1, 0.15) is 12.0 Å². The Hall–Kier alpha value is -2.90. The fraction of sp³-hybridized carbons (Fsp3) is 0.190. The lowest BCUT2D eigenvalue weighted by Gasteiger charge is -2.16. The predicted octanol–water partition coefficient (Wildman–Crippen LogP) is 5.76. The fourth-order valence-electron chi connectivity index (χ4n) is 3.42. The molecule has 0 radical (unpaired) electrons. The maximum atomic E-state index is 13.2. The molecule has 0 atom stereocenters. The van der Waals surface area contributed by atoms with Crippen LogP contribution in [0.5, 0.6) is 11.5 Å². The molecule has 0 unspecified atom stereocenters. The number of halogens is 3. The molecular formula is C21H15ClF2N2O3. The van der Waals surface area contributed by atoms with Gasteiger partial charge in [-0.25, -0.2) is 4.98 Å². The number of hydrogen-bond acceptors (Lipinski definition) is 5. The van der Waals surface area contributed by atoms with Crippen molar-refractivity contribution < 1.29 is 23.0 Å². The minimum Gasteiger partial charge on any atom is -0.395 e. The van der Waals surface area contributed by atoms with Crippen molar-refractivity contribution in [3.63, 3.8) is 0 Å². The number of alkyl halides is 2. The third-order valence-electron chi connectivity index (χ3n) is 4.78. The summed E-state index contributed by atoms with van der Waals surface area (Å²) in [7, 11) is 0. The summed E-state index contributed by atoms with van der Waals surface area (Å²) in [6, 6.07) is 12.1. The van der Waals surface area contributed by atoms with Crippen molar-refractivity contribution in [3.8, 4) is 11.5 Å². The van der Waals surface area contributed by atoms with E-state index in [-0.39, 0.29) is 11.5 Å². The Bertz CT molecular complexity index is 1150. The minimum absolute atomic E-state index is 0.00977. The van der Waals surface area contributed by atoms with Gasteiger partial charge < -0.3 is 19.5 Å². The van der Waals surface area contributed by atoms with Gasteiger partial charge in [-0.15, -0.1) is 8.78 Å². The van der Waals surface area contributed by atoms with Crippen molar-refractivity contribution in [1.29, 1.82) is 0 Å². The largest absolute Gasteiger partial charge is 0.586 e. The summed E-state index contributed by atoms with van der Waals surface area (Å²) >= 11 is 6.67. The summed E-state index contributed by atoms with van der Waals surface area (Å²) in [6.45, 7) is 1.24. The lowest BCUT2D eigenvalue weighted by atomic mass is 10.00. The molecule has 2 aromatic carbocycles. The van der Waals surface area contributed by atoms with Gasteiger partial charge in [-0.2, -0.15) is 0 Å². The summed E-state index contributed by atoms with van der Waals surface area (Å²) in [5.74, 6) is 0.486. The highest BCUT2D eigenvalue weighted by atomic mass is 35.5. The van der Waals surface area contributed by atoms with Crippen molar-refractivity contribution in [1.82, 2.24) is 4.98 Å². The average molecular weight is 417 g/mol. The van der Waals surface area contributed by atoms with Crippen molar-refractivity contribution in [2.24, 2.45) is 0 Å². The quantitative estimate of drug-likeness (QED) is 0.588. The number of rotatable bonds is 3. The first kappa shape index (κ1) is 18.1. The van der Waals surface area contributed by atoms with Gasteiger partial charge in [0.1, 0.15) is 5.82 Å². The van der Waals surface area contributed by atoms with Crippen LogP contribution in [0.4, 0.5) is 20.3 Å². The van der Waals surface area contributed by atoms with Crippen LogP contribution in [0.25, 0.3) is 16.5 Å². The third-order valence-corrected chi connectivity index (χ3v) is 5.17. The van der Waals surface area contributed by atoms with Crippen molar-refractivity contribution in [3.05, 3.63) is 59.1 Å². The number of aromatic nitrogens is 1. The Labute approximate surface area is 169 Å². The van der Waals surface area contributed by atoms with E-state index in [9.17, 15) is 8.78 Å². The van der Waals surface area contributed by atoms with Crippen molar-refractivity contribution >= 4 is 39.6 Å². The molecule has 5 nitrogen and oxygen atoms in total. The molecule has 0 saturated heterocycles. The number of nitrogens with zero attached hydrogens (tertiary/aromatic N) is 1. The maximum Gasteiger partial charge on any atom is 0.586 e. The second-order valence-corrected chi connectivity index (χ2v) is 7.08. The van der Waals surface area contributed by atoms with Gasteiger partial charge in [-0.1, -0.05) is 29.8 Å². The van der Waals surface area contributed by atoms with Gasteiger partial charge in [0.25, 0.3) is 0 Å². The highest BCUT2D eigenvalue weighted by Gasteiger charge is 2.43. The Balaban J connectivity index is 1.47. The van der Waals surface area contributed by atoms with Crippen LogP contribution in [0.15, 0.2) is 48.5 Å². The summed E-state index contributed by atoms with van der Waals surface area (Å²) in [6.07, 6.45) is -0.822. The molecule has 3 aromatic rings. The van der Waals surface area contributed by atoms with Crippen molar-refractivity contribution in [2.75, 3.05) is 18.5 Å². The number of fused-ring (bicyclic) bond motifs is 2. The molecule has 29 heavy (non-hydrogen) atoms. The van der Waals surface area contributed by atoms with Gasteiger partial charge >= 0.3 is 6.29 Å². The first-order valence-corrected chi connectivity index (χ1v) is 9.40. The zero-order chi connectivity index (χ0) is 20.0. The normalized spacial score (nSPS) is 17.3. The van der Waals surface area contributed by atoms with Gasteiger partial charge in [0, 0.05) is 17.1 Å². The Kier molecular flexibility index (Phi) is 4.29. The number of anilines is 2. The summed E-state index contributed by atoms with van der Waals surface area (Å²) in [5.41, 5.74) is 3.28. The van der Waals surface area contributed by atoms with Crippen LogP contribution in [0.3, 0.4) is 0 Å². The highest BCUT2D eigenvalue weighted by molar-refractivity contribution is 6.36. The van der Waals surface area contributed by atoms with Gasteiger partial charge in [0.15, 0.2) is 11.5 Å². The Morgan fingerprint density at radius 1 is 1.03 bits per heavy atom. The molecule has 0 amide bonds. The van der Waals surface area contributed by atoms with E-state index in [1.54, 1.807) is 12.1 Å². The van der Waals surface area contributed by atoms with E-state index in [2.05, 4.69) is 19.8 Å². The van der Waals surface area contributed by atoms with Crippen LogP contribution < -0.4 is 14.8 Å². The molecule has 2 aliphatic heterocycles. The molecule has 0 spiro atoms. The van der Waals surface area contributed by atoms with Crippen LogP contribution in [0.2, 0.25) is 5.02 Å². The lowest BCUT2D eigenvalue weighted by Crippen LogP contribution is -2.25. The Morgan fingerprint density at radius 2 is 1.86 bits per heavy atom. The molecule has 1 aromatic heterocycles. The van der Waals surface area contributed by atoms with Crippen molar-refractivity contribution in [2.45, 2.75) is 12.7 Å². The topological polar surface area (TPSA) is 52.6 Å². The van der Waals surface area contributed by atoms with E-state index >= 15 is 0 Å². The van der Waals surface area contributed by atoms with E-state index in [0.717, 1.165) is 22.9 Å². The molecule has 3 heterocycles. The molecule has 5 rings (SSSR count). The number of pyridine rings is 1. The molecule has 2 aliphatic rings. The number of hydrogen-bond donors (Lipinski definition) is 1. The summed E-state index contributed by atoms with van der Waals surface area (Å²) in [4.78, 5) is 4.63. The average Bonchev–Trinajstić information content (AvgIpc) is 3.02. The molecule has 148 valence electrons. The van der Waals surface area contributed by atoms with Gasteiger partial charge in [0.05, 0.1) is 23.8 Å².